The van der Waals surface area contributed by atoms with Gasteiger partial charge in [-0.3, -0.25) is 4.79 Å². The molecule has 1 saturated carbocycles. The van der Waals surface area contributed by atoms with Crippen LogP contribution < -0.4 is 5.32 Å². The van der Waals surface area contributed by atoms with Gasteiger partial charge in [0, 0.05) is 17.3 Å². The van der Waals surface area contributed by atoms with Crippen molar-refractivity contribution < 1.29 is 4.79 Å². The summed E-state index contributed by atoms with van der Waals surface area (Å²) in [5.74, 6) is 0.774. The van der Waals surface area contributed by atoms with Crippen molar-refractivity contribution in [3.05, 3.63) is 29.3 Å². The van der Waals surface area contributed by atoms with Crippen molar-refractivity contribution in [2.24, 2.45) is 5.92 Å². The molecule has 1 aromatic carbocycles. The Morgan fingerprint density at radius 3 is 2.78 bits per heavy atom. The van der Waals surface area contributed by atoms with Crippen LogP contribution in [-0.4, -0.2) is 11.8 Å². The van der Waals surface area contributed by atoms with Gasteiger partial charge in [-0.15, -0.1) is 0 Å². The Morgan fingerprint density at radius 2 is 2.22 bits per heavy atom. The van der Waals surface area contributed by atoms with E-state index in [1.54, 1.807) is 25.1 Å². The van der Waals surface area contributed by atoms with Crippen LogP contribution in [0.4, 0.5) is 5.69 Å². The molecule has 1 aliphatic rings. The maximum Gasteiger partial charge on any atom is 0.161 e. The quantitative estimate of drug-likeness (QED) is 0.827. The van der Waals surface area contributed by atoms with Crippen molar-refractivity contribution in [3.63, 3.8) is 0 Å². The summed E-state index contributed by atoms with van der Waals surface area (Å²) in [6, 6.07) is 7.75. The van der Waals surface area contributed by atoms with Gasteiger partial charge < -0.3 is 5.32 Å². The standard InChI is InChI=1S/C15H18N2O/c1-10-3-5-13(7-10)17-15-8-12(9-16)4-6-14(15)11(2)18/h4,6,8,10,13,17H,3,5,7H2,1-2H3. The molecule has 0 heterocycles. The van der Waals surface area contributed by atoms with Gasteiger partial charge in [0.2, 0.25) is 0 Å². The second-order valence-electron chi connectivity index (χ2n) is 5.19. The number of benzene rings is 1. The van der Waals surface area contributed by atoms with Crippen LogP contribution in [0.15, 0.2) is 18.2 Å². The van der Waals surface area contributed by atoms with Crippen LogP contribution in [0.5, 0.6) is 0 Å². The average molecular weight is 242 g/mol. The number of hydrogen-bond acceptors (Lipinski definition) is 3. The molecular formula is C15H18N2O. The van der Waals surface area contributed by atoms with Crippen LogP contribution in [0.2, 0.25) is 0 Å². The van der Waals surface area contributed by atoms with E-state index in [0.29, 0.717) is 17.2 Å². The van der Waals surface area contributed by atoms with E-state index in [1.165, 1.54) is 6.42 Å². The Kier molecular flexibility index (Phi) is 3.66. The van der Waals surface area contributed by atoms with Crippen LogP contribution in [0.3, 0.4) is 0 Å². The number of carbonyl (C=O) groups excluding carboxylic acids is 1. The lowest BCUT2D eigenvalue weighted by atomic mass is 10.0. The molecule has 0 spiro atoms. The lowest BCUT2D eigenvalue weighted by Crippen LogP contribution is -2.17. The maximum absolute atomic E-state index is 11.6. The summed E-state index contributed by atoms with van der Waals surface area (Å²) in [4.78, 5) is 11.6. The van der Waals surface area contributed by atoms with Crippen molar-refractivity contribution in [2.45, 2.75) is 39.2 Å². The highest BCUT2D eigenvalue weighted by atomic mass is 16.1. The van der Waals surface area contributed by atoms with Crippen molar-refractivity contribution in [1.29, 1.82) is 5.26 Å². The van der Waals surface area contributed by atoms with E-state index in [2.05, 4.69) is 18.3 Å². The van der Waals surface area contributed by atoms with Crippen LogP contribution in [0.1, 0.15) is 49.0 Å². The average Bonchev–Trinajstić information content (AvgIpc) is 2.74. The van der Waals surface area contributed by atoms with E-state index in [1.807, 2.05) is 0 Å². The van der Waals surface area contributed by atoms with Gasteiger partial charge >= 0.3 is 0 Å². The first kappa shape index (κ1) is 12.6. The van der Waals surface area contributed by atoms with Crippen molar-refractivity contribution in [3.8, 4) is 6.07 Å². The SMILES string of the molecule is CC(=O)c1ccc(C#N)cc1NC1CCC(C)C1. The van der Waals surface area contributed by atoms with Crippen LogP contribution in [0, 0.1) is 17.2 Å². The topological polar surface area (TPSA) is 52.9 Å². The molecule has 1 aromatic rings. The minimum atomic E-state index is 0.0352. The summed E-state index contributed by atoms with van der Waals surface area (Å²) >= 11 is 0. The fraction of sp³-hybridized carbons (Fsp3) is 0.467. The second kappa shape index (κ2) is 5.22. The van der Waals surface area contributed by atoms with E-state index in [-0.39, 0.29) is 5.78 Å². The zero-order chi connectivity index (χ0) is 13.1. The molecule has 2 rings (SSSR count). The van der Waals surface area contributed by atoms with Gasteiger partial charge in [0.15, 0.2) is 5.78 Å². The molecule has 0 aliphatic heterocycles. The molecular weight excluding hydrogens is 224 g/mol. The number of anilines is 1. The van der Waals surface area contributed by atoms with E-state index >= 15 is 0 Å². The molecule has 0 bridgehead atoms. The fourth-order valence-corrected chi connectivity index (χ4v) is 2.60. The number of nitriles is 1. The Hall–Kier alpha value is -1.82. The Morgan fingerprint density at radius 1 is 1.44 bits per heavy atom. The van der Waals surface area contributed by atoms with Crippen LogP contribution in [-0.2, 0) is 0 Å². The molecule has 3 heteroatoms. The van der Waals surface area contributed by atoms with Crippen molar-refractivity contribution >= 4 is 11.5 Å². The Bertz CT molecular complexity index is 502. The number of Topliss-reactive ketones (excluding diaryl/α,β-unsaturated/α-hetero) is 1. The monoisotopic (exact) mass is 242 g/mol. The van der Waals surface area contributed by atoms with Gasteiger partial charge in [-0.25, -0.2) is 0 Å². The van der Waals surface area contributed by atoms with Crippen LogP contribution >= 0.6 is 0 Å². The van der Waals surface area contributed by atoms with E-state index in [0.717, 1.165) is 24.4 Å². The normalized spacial score (nSPS) is 22.5. The van der Waals surface area contributed by atoms with Gasteiger partial charge in [0.1, 0.15) is 0 Å². The summed E-state index contributed by atoms with van der Waals surface area (Å²) in [7, 11) is 0. The third-order valence-corrected chi connectivity index (χ3v) is 3.58. The predicted octanol–water partition coefficient (Wildman–Crippen LogP) is 3.36. The zero-order valence-electron chi connectivity index (χ0n) is 10.9. The van der Waals surface area contributed by atoms with E-state index in [4.69, 9.17) is 5.26 Å². The number of hydrogen-bond donors (Lipinski definition) is 1. The molecule has 0 radical (unpaired) electrons. The highest BCUT2D eigenvalue weighted by molar-refractivity contribution is 5.99. The van der Waals surface area contributed by atoms with E-state index < -0.39 is 0 Å². The van der Waals surface area contributed by atoms with Crippen LogP contribution in [0.25, 0.3) is 0 Å². The lowest BCUT2D eigenvalue weighted by Gasteiger charge is -2.16. The van der Waals surface area contributed by atoms with Crippen molar-refractivity contribution in [1.82, 2.24) is 0 Å². The molecule has 0 aromatic heterocycles. The zero-order valence-corrected chi connectivity index (χ0v) is 10.9. The Balaban J connectivity index is 2.24. The third kappa shape index (κ3) is 2.70. The third-order valence-electron chi connectivity index (χ3n) is 3.58. The summed E-state index contributed by atoms with van der Waals surface area (Å²) in [6.45, 7) is 3.81. The van der Waals surface area contributed by atoms with Gasteiger partial charge in [-0.05, 0) is 50.3 Å². The number of carbonyl (C=O) groups is 1. The Labute approximate surface area is 108 Å². The summed E-state index contributed by atoms with van der Waals surface area (Å²) < 4.78 is 0. The first-order chi connectivity index (χ1) is 8.60. The molecule has 2 unspecified atom stereocenters. The minimum absolute atomic E-state index is 0.0352. The van der Waals surface area contributed by atoms with Gasteiger partial charge in [0.05, 0.1) is 11.6 Å². The highest BCUT2D eigenvalue weighted by Crippen LogP contribution is 2.29. The van der Waals surface area contributed by atoms with Gasteiger partial charge in [0.25, 0.3) is 0 Å². The summed E-state index contributed by atoms with van der Waals surface area (Å²) in [5.41, 5.74) is 2.07. The first-order valence-electron chi connectivity index (χ1n) is 6.41. The molecule has 18 heavy (non-hydrogen) atoms. The van der Waals surface area contributed by atoms with E-state index in [9.17, 15) is 4.79 Å². The second-order valence-corrected chi connectivity index (χ2v) is 5.19. The number of ketones is 1. The summed E-state index contributed by atoms with van der Waals surface area (Å²) in [6.07, 6.45) is 3.49. The van der Waals surface area contributed by atoms with Gasteiger partial charge in [-0.2, -0.15) is 5.26 Å². The predicted molar refractivity (Wildman–Crippen MR) is 71.6 cm³/mol. The number of nitrogens with zero attached hydrogens (tertiary/aromatic N) is 1. The largest absolute Gasteiger partial charge is 0.382 e. The van der Waals surface area contributed by atoms with Crippen molar-refractivity contribution in [2.75, 3.05) is 5.32 Å². The number of nitrogens with one attached hydrogen (secondary N) is 1. The summed E-state index contributed by atoms with van der Waals surface area (Å²) in [5, 5.41) is 12.4. The molecule has 0 saturated heterocycles. The molecule has 2 atom stereocenters. The molecule has 94 valence electrons. The smallest absolute Gasteiger partial charge is 0.161 e. The van der Waals surface area contributed by atoms with Gasteiger partial charge in [-0.1, -0.05) is 6.92 Å². The fourth-order valence-electron chi connectivity index (χ4n) is 2.60. The molecule has 1 aliphatic carbocycles. The minimum Gasteiger partial charge on any atom is -0.382 e. The maximum atomic E-state index is 11.6. The molecule has 0 amide bonds. The number of rotatable bonds is 3. The highest BCUT2D eigenvalue weighted by Gasteiger charge is 2.22. The molecule has 1 N–H and O–H groups in total. The molecule has 3 nitrogen and oxygen atoms in total. The first-order valence-corrected chi connectivity index (χ1v) is 6.41. The lowest BCUT2D eigenvalue weighted by molar-refractivity contribution is 0.101. The molecule has 1 fully saturated rings.